The molecule has 0 spiro atoms. The third kappa shape index (κ3) is 3.17. The van der Waals surface area contributed by atoms with Gasteiger partial charge >= 0.3 is 0 Å². The molecule has 2 heterocycles. The topological polar surface area (TPSA) is 73.9 Å². The highest BCUT2D eigenvalue weighted by molar-refractivity contribution is 5.83. The van der Waals surface area contributed by atoms with E-state index in [0.29, 0.717) is 28.9 Å². The van der Waals surface area contributed by atoms with E-state index in [1.165, 1.54) is 6.07 Å². The van der Waals surface area contributed by atoms with Crippen LogP contribution in [0.25, 0.3) is 22.3 Å². The zero-order valence-corrected chi connectivity index (χ0v) is 13.8. The first-order chi connectivity index (χ1) is 12.7. The molecule has 4 rings (SSSR count). The SMILES string of the molecule is Nc1nc(OCc2ccccc2)c2nc(-c3ccccc3F)ccc2n1. The summed E-state index contributed by atoms with van der Waals surface area (Å²) < 4.78 is 19.9. The third-order valence-corrected chi connectivity index (χ3v) is 3.90. The summed E-state index contributed by atoms with van der Waals surface area (Å²) in [5, 5.41) is 0. The second kappa shape index (κ2) is 6.76. The number of aromatic nitrogens is 3. The summed E-state index contributed by atoms with van der Waals surface area (Å²) in [6.07, 6.45) is 0. The summed E-state index contributed by atoms with van der Waals surface area (Å²) in [5.74, 6) is 0.0259. The zero-order chi connectivity index (χ0) is 17.9. The van der Waals surface area contributed by atoms with Crippen LogP contribution in [0.5, 0.6) is 5.88 Å². The third-order valence-electron chi connectivity index (χ3n) is 3.90. The molecule has 6 heteroatoms. The summed E-state index contributed by atoms with van der Waals surface area (Å²) >= 11 is 0. The number of nitrogen functional groups attached to an aromatic ring is 1. The van der Waals surface area contributed by atoms with Gasteiger partial charge in [-0.25, -0.2) is 14.4 Å². The Morgan fingerprint density at radius 1 is 0.846 bits per heavy atom. The lowest BCUT2D eigenvalue weighted by Gasteiger charge is -2.10. The summed E-state index contributed by atoms with van der Waals surface area (Å²) in [6, 6.07) is 19.6. The minimum absolute atomic E-state index is 0.0982. The van der Waals surface area contributed by atoms with Crippen LogP contribution in [0.2, 0.25) is 0 Å². The molecule has 0 atom stereocenters. The fourth-order valence-electron chi connectivity index (χ4n) is 2.65. The number of nitrogens with two attached hydrogens (primary N) is 1. The maximum Gasteiger partial charge on any atom is 0.245 e. The molecular weight excluding hydrogens is 331 g/mol. The maximum absolute atomic E-state index is 14.1. The summed E-state index contributed by atoms with van der Waals surface area (Å²) in [7, 11) is 0. The van der Waals surface area contributed by atoms with Crippen molar-refractivity contribution in [3.63, 3.8) is 0 Å². The predicted octanol–water partition coefficient (Wildman–Crippen LogP) is 3.99. The Morgan fingerprint density at radius 3 is 2.42 bits per heavy atom. The summed E-state index contributed by atoms with van der Waals surface area (Å²) in [5.41, 5.74) is 8.63. The molecule has 0 aliphatic heterocycles. The average molecular weight is 346 g/mol. The summed E-state index contributed by atoms with van der Waals surface area (Å²) in [4.78, 5) is 12.9. The van der Waals surface area contributed by atoms with Gasteiger partial charge in [-0.1, -0.05) is 42.5 Å². The van der Waals surface area contributed by atoms with Crippen molar-refractivity contribution in [2.75, 3.05) is 5.73 Å². The number of halogens is 1. The minimum Gasteiger partial charge on any atom is -0.471 e. The standard InChI is InChI=1S/C20H15FN4O/c21-15-9-5-4-8-14(15)16-10-11-17-18(23-16)19(25-20(22)24-17)26-12-13-6-2-1-3-7-13/h1-11H,12H2,(H2,22,24,25). The van der Waals surface area contributed by atoms with Crippen molar-refractivity contribution in [3.8, 4) is 17.1 Å². The van der Waals surface area contributed by atoms with Gasteiger partial charge in [0.2, 0.25) is 11.8 Å². The minimum atomic E-state index is -0.345. The van der Waals surface area contributed by atoms with Crippen molar-refractivity contribution in [1.82, 2.24) is 15.0 Å². The molecule has 0 saturated heterocycles. The highest BCUT2D eigenvalue weighted by Gasteiger charge is 2.13. The molecule has 26 heavy (non-hydrogen) atoms. The number of nitrogens with zero attached hydrogens (tertiary/aromatic N) is 3. The second-order valence-electron chi connectivity index (χ2n) is 5.71. The molecule has 5 nitrogen and oxygen atoms in total. The summed E-state index contributed by atoms with van der Waals surface area (Å²) in [6.45, 7) is 0.317. The van der Waals surface area contributed by atoms with Gasteiger partial charge in [0.25, 0.3) is 0 Å². The molecule has 0 radical (unpaired) electrons. The number of hydrogen-bond acceptors (Lipinski definition) is 5. The Labute approximate surface area is 149 Å². The van der Waals surface area contributed by atoms with Crippen molar-refractivity contribution in [2.24, 2.45) is 0 Å². The highest BCUT2D eigenvalue weighted by atomic mass is 19.1. The Kier molecular flexibility index (Phi) is 4.15. The predicted molar refractivity (Wildman–Crippen MR) is 97.9 cm³/mol. The van der Waals surface area contributed by atoms with E-state index in [-0.39, 0.29) is 17.6 Å². The fraction of sp³-hybridized carbons (Fsp3) is 0.0500. The highest BCUT2D eigenvalue weighted by Crippen LogP contribution is 2.27. The molecule has 2 aromatic carbocycles. The molecule has 2 N–H and O–H groups in total. The molecule has 0 fully saturated rings. The van der Waals surface area contributed by atoms with Gasteiger partial charge < -0.3 is 10.5 Å². The molecular formula is C20H15FN4O. The van der Waals surface area contributed by atoms with Crippen LogP contribution in [0.1, 0.15) is 5.56 Å². The van der Waals surface area contributed by atoms with Crippen molar-refractivity contribution >= 4 is 17.0 Å². The monoisotopic (exact) mass is 346 g/mol. The Balaban J connectivity index is 1.76. The van der Waals surface area contributed by atoms with Gasteiger partial charge in [0.15, 0.2) is 5.52 Å². The molecule has 0 saturated carbocycles. The molecule has 0 amide bonds. The molecule has 0 aliphatic rings. The number of fused-ring (bicyclic) bond motifs is 1. The van der Waals surface area contributed by atoms with Crippen molar-refractivity contribution < 1.29 is 9.13 Å². The average Bonchev–Trinajstić information content (AvgIpc) is 2.67. The van der Waals surface area contributed by atoms with Gasteiger partial charge in [-0.3, -0.25) is 0 Å². The Morgan fingerprint density at radius 2 is 1.62 bits per heavy atom. The van der Waals surface area contributed by atoms with Crippen LogP contribution in [-0.2, 0) is 6.61 Å². The van der Waals surface area contributed by atoms with E-state index in [4.69, 9.17) is 10.5 Å². The van der Waals surface area contributed by atoms with Gasteiger partial charge in [-0.05, 0) is 29.8 Å². The molecule has 128 valence electrons. The number of benzene rings is 2. The van der Waals surface area contributed by atoms with E-state index in [9.17, 15) is 4.39 Å². The quantitative estimate of drug-likeness (QED) is 0.605. The lowest BCUT2D eigenvalue weighted by Crippen LogP contribution is -2.03. The van der Waals surface area contributed by atoms with Crippen LogP contribution in [0.15, 0.2) is 66.7 Å². The van der Waals surface area contributed by atoms with Crippen LogP contribution in [0, 0.1) is 5.82 Å². The van der Waals surface area contributed by atoms with Crippen LogP contribution < -0.4 is 10.5 Å². The van der Waals surface area contributed by atoms with Crippen LogP contribution in [0.3, 0.4) is 0 Å². The molecule has 4 aromatic rings. The molecule has 0 bridgehead atoms. The lowest BCUT2D eigenvalue weighted by atomic mass is 10.1. The molecule has 2 aromatic heterocycles. The van der Waals surface area contributed by atoms with Crippen LogP contribution >= 0.6 is 0 Å². The van der Waals surface area contributed by atoms with Crippen molar-refractivity contribution in [3.05, 3.63) is 78.1 Å². The fourth-order valence-corrected chi connectivity index (χ4v) is 2.65. The first-order valence-electron chi connectivity index (χ1n) is 8.06. The van der Waals surface area contributed by atoms with Gasteiger partial charge in [0, 0.05) is 5.56 Å². The largest absolute Gasteiger partial charge is 0.471 e. The van der Waals surface area contributed by atoms with E-state index >= 15 is 0 Å². The van der Waals surface area contributed by atoms with E-state index < -0.39 is 0 Å². The van der Waals surface area contributed by atoms with Gasteiger partial charge in [0.05, 0.1) is 11.2 Å². The zero-order valence-electron chi connectivity index (χ0n) is 13.8. The van der Waals surface area contributed by atoms with Crippen molar-refractivity contribution in [1.29, 1.82) is 0 Å². The molecule has 0 aliphatic carbocycles. The smallest absolute Gasteiger partial charge is 0.245 e. The van der Waals surface area contributed by atoms with E-state index in [1.54, 1.807) is 30.3 Å². The number of hydrogen-bond donors (Lipinski definition) is 1. The number of ether oxygens (including phenoxy) is 1. The Hall–Kier alpha value is -3.54. The van der Waals surface area contributed by atoms with Gasteiger partial charge in [-0.2, -0.15) is 4.98 Å². The second-order valence-corrected chi connectivity index (χ2v) is 5.71. The first kappa shape index (κ1) is 16.0. The first-order valence-corrected chi connectivity index (χ1v) is 8.06. The van der Waals surface area contributed by atoms with Crippen molar-refractivity contribution in [2.45, 2.75) is 6.61 Å². The van der Waals surface area contributed by atoms with Gasteiger partial charge in [0.1, 0.15) is 12.4 Å². The van der Waals surface area contributed by atoms with E-state index in [2.05, 4.69) is 15.0 Å². The van der Waals surface area contributed by atoms with Crippen LogP contribution in [0.4, 0.5) is 10.3 Å². The number of anilines is 1. The Bertz CT molecular complexity index is 1070. The molecule has 0 unspecified atom stereocenters. The van der Waals surface area contributed by atoms with E-state index in [1.807, 2.05) is 30.3 Å². The van der Waals surface area contributed by atoms with E-state index in [0.717, 1.165) is 5.56 Å². The lowest BCUT2D eigenvalue weighted by molar-refractivity contribution is 0.297. The van der Waals surface area contributed by atoms with Crippen LogP contribution in [-0.4, -0.2) is 15.0 Å². The number of rotatable bonds is 4. The normalized spacial score (nSPS) is 10.8. The maximum atomic E-state index is 14.1. The van der Waals surface area contributed by atoms with Gasteiger partial charge in [-0.15, -0.1) is 0 Å². The number of pyridine rings is 1.